The van der Waals surface area contributed by atoms with Crippen LogP contribution in [0, 0.1) is 5.92 Å². The molecule has 0 atom stereocenters. The quantitative estimate of drug-likeness (QED) is 0.805. The van der Waals surface area contributed by atoms with Gasteiger partial charge in [-0.2, -0.15) is 0 Å². The maximum absolute atomic E-state index is 12.3. The van der Waals surface area contributed by atoms with Gasteiger partial charge in [0, 0.05) is 19.6 Å². The summed E-state index contributed by atoms with van der Waals surface area (Å²) in [7, 11) is -3.23. The highest BCUT2D eigenvalue weighted by Crippen LogP contribution is 2.20. The van der Waals surface area contributed by atoms with Gasteiger partial charge in [0.2, 0.25) is 10.0 Å². The second kappa shape index (κ2) is 6.87. The van der Waals surface area contributed by atoms with Crippen LogP contribution in [0.2, 0.25) is 0 Å². The predicted octanol–water partition coefficient (Wildman–Crippen LogP) is 0.599. The first-order chi connectivity index (χ1) is 9.49. The third kappa shape index (κ3) is 4.17. The van der Waals surface area contributed by atoms with E-state index in [1.807, 2.05) is 0 Å². The van der Waals surface area contributed by atoms with Crippen LogP contribution in [0.3, 0.4) is 0 Å². The van der Waals surface area contributed by atoms with Crippen LogP contribution in [0.4, 0.5) is 0 Å². The fourth-order valence-corrected chi connectivity index (χ4v) is 4.45. The maximum Gasteiger partial charge on any atom is 0.306 e. The van der Waals surface area contributed by atoms with Gasteiger partial charge in [0.15, 0.2) is 0 Å². The maximum atomic E-state index is 12.3. The molecular weight excluding hydrogens is 280 g/mol. The molecule has 0 unspecified atom stereocenters. The Morgan fingerprint density at radius 1 is 1.05 bits per heavy atom. The van der Waals surface area contributed by atoms with Crippen molar-refractivity contribution in [3.63, 3.8) is 0 Å². The van der Waals surface area contributed by atoms with E-state index in [0.29, 0.717) is 32.5 Å². The fraction of sp³-hybridized carbons (Fsp3) is 0.923. The van der Waals surface area contributed by atoms with Gasteiger partial charge in [-0.1, -0.05) is 6.42 Å². The molecule has 2 saturated heterocycles. The monoisotopic (exact) mass is 304 g/mol. The summed E-state index contributed by atoms with van der Waals surface area (Å²) in [6.07, 6.45) is 4.41. The van der Waals surface area contributed by atoms with E-state index in [1.165, 1.54) is 10.7 Å². The highest BCUT2D eigenvalue weighted by molar-refractivity contribution is 7.89. The molecule has 20 heavy (non-hydrogen) atoms. The lowest BCUT2D eigenvalue weighted by Crippen LogP contribution is -2.43. The first-order valence-electron chi connectivity index (χ1n) is 7.42. The number of piperidine rings is 2. The zero-order chi connectivity index (χ0) is 14.6. The van der Waals surface area contributed by atoms with Crippen LogP contribution < -0.4 is 0 Å². The molecule has 1 N–H and O–H groups in total. The summed E-state index contributed by atoms with van der Waals surface area (Å²) in [5.41, 5.74) is 0. The van der Waals surface area contributed by atoms with E-state index in [1.54, 1.807) is 0 Å². The fourth-order valence-electron chi connectivity index (χ4n) is 2.94. The summed E-state index contributed by atoms with van der Waals surface area (Å²) in [5.74, 6) is -1.04. The highest BCUT2D eigenvalue weighted by Gasteiger charge is 2.31. The van der Waals surface area contributed by atoms with Crippen LogP contribution in [-0.2, 0) is 14.8 Å². The molecule has 2 rings (SSSR count). The molecular formula is C13H24N2O4S. The van der Waals surface area contributed by atoms with E-state index < -0.39 is 16.0 Å². The van der Waals surface area contributed by atoms with Gasteiger partial charge in [-0.25, -0.2) is 12.7 Å². The number of nitrogens with zero attached hydrogens (tertiary/aromatic N) is 2. The number of carbonyl (C=O) groups is 1. The van der Waals surface area contributed by atoms with Crippen LogP contribution in [0.5, 0.6) is 0 Å². The topological polar surface area (TPSA) is 77.9 Å². The van der Waals surface area contributed by atoms with Gasteiger partial charge < -0.3 is 10.0 Å². The average Bonchev–Trinajstić information content (AvgIpc) is 2.46. The van der Waals surface area contributed by atoms with Crippen molar-refractivity contribution >= 4 is 16.0 Å². The minimum Gasteiger partial charge on any atom is -0.481 e. The zero-order valence-electron chi connectivity index (χ0n) is 11.8. The zero-order valence-corrected chi connectivity index (χ0v) is 12.6. The molecule has 0 radical (unpaired) electrons. The number of carboxylic acids is 1. The summed E-state index contributed by atoms with van der Waals surface area (Å²) < 4.78 is 26.0. The van der Waals surface area contributed by atoms with Crippen LogP contribution in [0.15, 0.2) is 0 Å². The van der Waals surface area contributed by atoms with Gasteiger partial charge in [0.1, 0.15) is 0 Å². The van der Waals surface area contributed by atoms with E-state index in [4.69, 9.17) is 5.11 Å². The number of rotatable bonds is 5. The Morgan fingerprint density at radius 2 is 1.65 bits per heavy atom. The van der Waals surface area contributed by atoms with Gasteiger partial charge in [-0.15, -0.1) is 0 Å². The molecule has 2 aliphatic heterocycles. The van der Waals surface area contributed by atoms with Gasteiger partial charge >= 0.3 is 5.97 Å². The minimum atomic E-state index is -3.23. The predicted molar refractivity (Wildman–Crippen MR) is 76.0 cm³/mol. The summed E-state index contributed by atoms with van der Waals surface area (Å²) in [6.45, 7) is 3.28. The Bertz CT molecular complexity index is 424. The van der Waals surface area contributed by atoms with Crippen molar-refractivity contribution in [2.45, 2.75) is 32.1 Å². The van der Waals surface area contributed by atoms with Crippen LogP contribution in [-0.4, -0.2) is 67.2 Å². The van der Waals surface area contributed by atoms with E-state index in [-0.39, 0.29) is 11.7 Å². The molecule has 116 valence electrons. The Balaban J connectivity index is 1.80. The van der Waals surface area contributed by atoms with Crippen molar-refractivity contribution in [2.24, 2.45) is 5.92 Å². The molecule has 0 saturated carbocycles. The average molecular weight is 304 g/mol. The normalized spacial score (nSPS) is 23.8. The molecule has 0 aliphatic carbocycles. The van der Waals surface area contributed by atoms with Gasteiger partial charge in [0.05, 0.1) is 11.7 Å². The van der Waals surface area contributed by atoms with Gasteiger partial charge in [-0.3, -0.25) is 4.79 Å². The molecule has 2 heterocycles. The second-order valence-electron chi connectivity index (χ2n) is 5.73. The van der Waals surface area contributed by atoms with Crippen molar-refractivity contribution in [1.29, 1.82) is 0 Å². The number of sulfonamides is 1. The summed E-state index contributed by atoms with van der Waals surface area (Å²) in [5, 5.41) is 8.93. The summed E-state index contributed by atoms with van der Waals surface area (Å²) in [4.78, 5) is 13.1. The molecule has 2 aliphatic rings. The largest absolute Gasteiger partial charge is 0.481 e. The number of hydrogen-bond donors (Lipinski definition) is 1. The third-order valence-electron chi connectivity index (χ3n) is 4.31. The SMILES string of the molecule is O=C(O)C1CCN(S(=O)(=O)CCN2CCCCC2)CC1. The first-order valence-corrected chi connectivity index (χ1v) is 9.03. The molecule has 0 spiro atoms. The third-order valence-corrected chi connectivity index (χ3v) is 6.16. The number of carboxylic acid groups (broad SMARTS) is 1. The van der Waals surface area contributed by atoms with Crippen molar-refractivity contribution in [3.8, 4) is 0 Å². The Labute approximate surface area is 120 Å². The van der Waals surface area contributed by atoms with Gasteiger partial charge in [-0.05, 0) is 38.8 Å². The standard InChI is InChI=1S/C13H24N2O4S/c16-13(17)12-4-8-15(9-5-12)20(18,19)11-10-14-6-2-1-3-7-14/h12H,1-11H2,(H,16,17). The van der Waals surface area contributed by atoms with Crippen molar-refractivity contribution in [1.82, 2.24) is 9.21 Å². The number of aliphatic carboxylic acids is 1. The Morgan fingerprint density at radius 3 is 2.20 bits per heavy atom. The lowest BCUT2D eigenvalue weighted by atomic mass is 9.99. The van der Waals surface area contributed by atoms with E-state index in [9.17, 15) is 13.2 Å². The Hall–Kier alpha value is -0.660. The van der Waals surface area contributed by atoms with E-state index >= 15 is 0 Å². The molecule has 2 fully saturated rings. The minimum absolute atomic E-state index is 0.157. The van der Waals surface area contributed by atoms with Crippen LogP contribution in [0.1, 0.15) is 32.1 Å². The highest BCUT2D eigenvalue weighted by atomic mass is 32.2. The van der Waals surface area contributed by atoms with Gasteiger partial charge in [0.25, 0.3) is 0 Å². The van der Waals surface area contributed by atoms with Crippen molar-refractivity contribution < 1.29 is 18.3 Å². The lowest BCUT2D eigenvalue weighted by molar-refractivity contribution is -0.142. The van der Waals surface area contributed by atoms with Crippen molar-refractivity contribution in [3.05, 3.63) is 0 Å². The second-order valence-corrected chi connectivity index (χ2v) is 7.82. The van der Waals surface area contributed by atoms with Crippen molar-refractivity contribution in [2.75, 3.05) is 38.5 Å². The van der Waals surface area contributed by atoms with Crippen LogP contribution in [0.25, 0.3) is 0 Å². The number of likely N-dealkylation sites (tertiary alicyclic amines) is 1. The summed E-state index contributed by atoms with van der Waals surface area (Å²) >= 11 is 0. The smallest absolute Gasteiger partial charge is 0.306 e. The molecule has 6 nitrogen and oxygen atoms in total. The molecule has 7 heteroatoms. The molecule has 0 aromatic carbocycles. The number of hydrogen-bond acceptors (Lipinski definition) is 4. The Kier molecular flexibility index (Phi) is 5.40. The van der Waals surface area contributed by atoms with E-state index in [2.05, 4.69) is 4.90 Å². The van der Waals surface area contributed by atoms with Crippen LogP contribution >= 0.6 is 0 Å². The first kappa shape index (κ1) is 15.7. The molecule has 0 aromatic rings. The lowest BCUT2D eigenvalue weighted by Gasteiger charge is -2.31. The van der Waals surface area contributed by atoms with E-state index in [0.717, 1.165) is 25.9 Å². The molecule has 0 bridgehead atoms. The molecule has 0 amide bonds. The summed E-state index contributed by atoms with van der Waals surface area (Å²) in [6, 6.07) is 0. The molecule has 0 aromatic heterocycles.